The molecule has 1 saturated carbocycles. The Morgan fingerprint density at radius 3 is 2.92 bits per heavy atom. The van der Waals surface area contributed by atoms with Crippen LogP contribution in [0.25, 0.3) is 5.57 Å². The molecule has 0 spiro atoms. The van der Waals surface area contributed by atoms with Crippen LogP contribution < -0.4 is 0 Å². The molecule has 1 aromatic heterocycles. The number of carbonyl (C=O) groups excluding carboxylic acids is 1. The van der Waals surface area contributed by atoms with Crippen molar-refractivity contribution in [3.8, 4) is 0 Å². The number of hydrogen-bond donors (Lipinski definition) is 0. The van der Waals surface area contributed by atoms with Gasteiger partial charge in [-0.15, -0.1) is 11.3 Å². The molecule has 2 aliphatic carbocycles. The van der Waals surface area contributed by atoms with Gasteiger partial charge in [-0.25, -0.2) is 4.98 Å². The van der Waals surface area contributed by atoms with Crippen LogP contribution in [0.3, 0.4) is 0 Å². The minimum atomic E-state index is 0.184. The van der Waals surface area contributed by atoms with Crippen LogP contribution >= 0.6 is 11.3 Å². The topological polar surface area (TPSA) is 33.2 Å². The number of likely N-dealkylation sites (tertiary alicyclic amines) is 1. The first kappa shape index (κ1) is 16.3. The van der Waals surface area contributed by atoms with Gasteiger partial charge in [0.05, 0.1) is 0 Å². The first-order valence-electron chi connectivity index (χ1n) is 9.79. The summed E-state index contributed by atoms with van der Waals surface area (Å²) >= 11 is 1.66. The summed E-state index contributed by atoms with van der Waals surface area (Å²) < 4.78 is 0. The van der Waals surface area contributed by atoms with Crippen LogP contribution in [0.5, 0.6) is 0 Å². The van der Waals surface area contributed by atoms with Crippen molar-refractivity contribution >= 4 is 22.8 Å². The first-order chi connectivity index (χ1) is 11.8. The van der Waals surface area contributed by atoms with E-state index in [0.717, 1.165) is 36.7 Å². The number of carbonyl (C=O) groups is 1. The van der Waals surface area contributed by atoms with Gasteiger partial charge in [-0.05, 0) is 62.9 Å². The summed E-state index contributed by atoms with van der Waals surface area (Å²) in [5.74, 6) is 0.919. The molecule has 3 nitrogen and oxygen atoms in total. The van der Waals surface area contributed by atoms with Crippen LogP contribution in [0.1, 0.15) is 86.1 Å². The van der Waals surface area contributed by atoms with Gasteiger partial charge in [-0.3, -0.25) is 4.79 Å². The van der Waals surface area contributed by atoms with E-state index in [-0.39, 0.29) is 5.91 Å². The van der Waals surface area contributed by atoms with Crippen molar-refractivity contribution in [2.75, 3.05) is 6.54 Å². The Hall–Kier alpha value is -1.16. The lowest BCUT2D eigenvalue weighted by molar-refractivity contribution is 0.0386. The molecule has 1 aliphatic heterocycles. The van der Waals surface area contributed by atoms with Crippen molar-refractivity contribution in [2.24, 2.45) is 5.92 Å². The van der Waals surface area contributed by atoms with Crippen molar-refractivity contribution < 1.29 is 4.79 Å². The van der Waals surface area contributed by atoms with Gasteiger partial charge in [0, 0.05) is 18.0 Å². The summed E-state index contributed by atoms with van der Waals surface area (Å²) in [5, 5.41) is 3.08. The lowest BCUT2D eigenvalue weighted by Gasteiger charge is -2.43. The first-order valence-corrected chi connectivity index (χ1v) is 10.7. The van der Waals surface area contributed by atoms with Gasteiger partial charge in [-0.2, -0.15) is 0 Å². The number of hydrogen-bond acceptors (Lipinski definition) is 3. The molecule has 4 rings (SSSR count). The molecule has 2 atom stereocenters. The predicted octanol–water partition coefficient (Wildman–Crippen LogP) is 5.29. The van der Waals surface area contributed by atoms with Crippen molar-refractivity contribution in [3.63, 3.8) is 0 Å². The molecule has 0 radical (unpaired) electrons. The van der Waals surface area contributed by atoms with Gasteiger partial charge < -0.3 is 4.90 Å². The second-order valence-electron chi connectivity index (χ2n) is 7.62. The maximum atomic E-state index is 13.1. The summed E-state index contributed by atoms with van der Waals surface area (Å²) in [7, 11) is 0. The maximum Gasteiger partial charge on any atom is 0.273 e. The van der Waals surface area contributed by atoms with Crippen molar-refractivity contribution in [1.29, 1.82) is 0 Å². The molecular formula is C20H28N2OS. The molecule has 0 aromatic carbocycles. The summed E-state index contributed by atoms with van der Waals surface area (Å²) in [5.41, 5.74) is 2.05. The van der Waals surface area contributed by atoms with Crippen LogP contribution in [0.4, 0.5) is 0 Å². The number of piperidine rings is 1. The van der Waals surface area contributed by atoms with Gasteiger partial charge in [0.15, 0.2) is 0 Å². The molecule has 1 aromatic rings. The fourth-order valence-corrected chi connectivity index (χ4v) is 5.62. The molecule has 2 unspecified atom stereocenters. The Kier molecular flexibility index (Phi) is 5.02. The van der Waals surface area contributed by atoms with E-state index in [2.05, 4.69) is 11.0 Å². The highest BCUT2D eigenvalue weighted by atomic mass is 32.1. The molecule has 3 aliphatic rings. The summed E-state index contributed by atoms with van der Waals surface area (Å²) in [6, 6.07) is 0.474. The van der Waals surface area contributed by atoms with E-state index in [0.29, 0.717) is 11.7 Å². The highest BCUT2D eigenvalue weighted by Crippen LogP contribution is 2.36. The monoisotopic (exact) mass is 344 g/mol. The molecular weight excluding hydrogens is 316 g/mol. The fourth-order valence-electron chi connectivity index (χ4n) is 4.75. The highest BCUT2D eigenvalue weighted by molar-refractivity contribution is 7.11. The molecule has 24 heavy (non-hydrogen) atoms. The summed E-state index contributed by atoms with van der Waals surface area (Å²) in [6.45, 7) is 0.926. The van der Waals surface area contributed by atoms with E-state index >= 15 is 0 Å². The second kappa shape index (κ2) is 7.38. The Balaban J connectivity index is 1.51. The number of fused-ring (bicyclic) bond motifs is 1. The van der Waals surface area contributed by atoms with E-state index in [9.17, 15) is 4.79 Å². The number of amides is 1. The maximum absolute atomic E-state index is 13.1. The Morgan fingerprint density at radius 2 is 1.96 bits per heavy atom. The average molecular weight is 345 g/mol. The number of nitrogens with zero attached hydrogens (tertiary/aromatic N) is 2. The van der Waals surface area contributed by atoms with Crippen LogP contribution in [0, 0.1) is 5.92 Å². The Labute approximate surface area is 149 Å². The van der Waals surface area contributed by atoms with Gasteiger partial charge in [-0.1, -0.05) is 25.3 Å². The number of allylic oxidation sites excluding steroid dienone is 2. The molecule has 130 valence electrons. The zero-order valence-electron chi connectivity index (χ0n) is 14.5. The van der Waals surface area contributed by atoms with Gasteiger partial charge in [0.1, 0.15) is 10.7 Å². The van der Waals surface area contributed by atoms with Crippen LogP contribution in [0.15, 0.2) is 11.5 Å². The Bertz CT molecular complexity index is 619. The molecule has 2 fully saturated rings. The number of rotatable bonds is 2. The van der Waals surface area contributed by atoms with Crippen LogP contribution in [-0.4, -0.2) is 28.4 Å². The third-order valence-corrected chi connectivity index (χ3v) is 6.96. The van der Waals surface area contributed by atoms with Crippen molar-refractivity contribution in [2.45, 2.75) is 76.7 Å². The molecule has 1 amide bonds. The highest BCUT2D eigenvalue weighted by Gasteiger charge is 2.36. The van der Waals surface area contributed by atoms with Crippen molar-refractivity contribution in [1.82, 2.24) is 9.88 Å². The second-order valence-corrected chi connectivity index (χ2v) is 8.48. The van der Waals surface area contributed by atoms with E-state index in [1.807, 2.05) is 5.38 Å². The quantitative estimate of drug-likeness (QED) is 0.731. The third kappa shape index (κ3) is 3.30. The minimum absolute atomic E-state index is 0.184. The van der Waals surface area contributed by atoms with Crippen LogP contribution in [-0.2, 0) is 0 Å². The lowest BCUT2D eigenvalue weighted by atomic mass is 9.78. The summed E-state index contributed by atoms with van der Waals surface area (Å²) in [6.07, 6.45) is 16.1. The molecule has 2 heterocycles. The smallest absolute Gasteiger partial charge is 0.273 e. The van der Waals surface area contributed by atoms with E-state index in [1.54, 1.807) is 11.3 Å². The zero-order valence-corrected chi connectivity index (χ0v) is 15.3. The largest absolute Gasteiger partial charge is 0.334 e. The molecule has 1 saturated heterocycles. The molecule has 0 bridgehead atoms. The summed E-state index contributed by atoms with van der Waals surface area (Å²) in [4.78, 5) is 20.0. The SMILES string of the molecule is O=C(c1csc(C2=CCCCCC2)n1)N1CCCC2CCCCC21. The van der Waals surface area contributed by atoms with Gasteiger partial charge in [0.25, 0.3) is 5.91 Å². The number of thiazole rings is 1. The zero-order chi connectivity index (χ0) is 16.4. The van der Waals surface area contributed by atoms with Crippen molar-refractivity contribution in [3.05, 3.63) is 22.2 Å². The average Bonchev–Trinajstić information content (AvgIpc) is 2.96. The van der Waals surface area contributed by atoms with E-state index in [1.165, 1.54) is 56.9 Å². The Morgan fingerprint density at radius 1 is 1.08 bits per heavy atom. The molecule has 4 heteroatoms. The van der Waals surface area contributed by atoms with Gasteiger partial charge in [0.2, 0.25) is 0 Å². The van der Waals surface area contributed by atoms with Gasteiger partial charge >= 0.3 is 0 Å². The van der Waals surface area contributed by atoms with E-state index < -0.39 is 0 Å². The standard InChI is InChI=1S/C20H28N2OS/c23-20(22-13-7-11-15-8-5-6-12-18(15)22)17-14-24-19(21-17)16-9-3-1-2-4-10-16/h9,14-15,18H,1-8,10-13H2. The lowest BCUT2D eigenvalue weighted by Crippen LogP contribution is -2.49. The van der Waals surface area contributed by atoms with Crippen LogP contribution in [0.2, 0.25) is 0 Å². The third-order valence-electron chi connectivity index (χ3n) is 6.04. The number of aromatic nitrogens is 1. The molecule has 0 N–H and O–H groups in total. The fraction of sp³-hybridized carbons (Fsp3) is 0.700. The minimum Gasteiger partial charge on any atom is -0.334 e. The van der Waals surface area contributed by atoms with E-state index in [4.69, 9.17) is 4.98 Å². The normalized spacial score (nSPS) is 28.0. The predicted molar refractivity (Wildman–Crippen MR) is 99.2 cm³/mol.